The van der Waals surface area contributed by atoms with E-state index in [0.717, 1.165) is 26.1 Å². The number of benzene rings is 1. The number of carbonyl (C=O) groups excluding carboxylic acids is 2. The Hall–Kier alpha value is -1.92. The van der Waals surface area contributed by atoms with Gasteiger partial charge < -0.3 is 15.0 Å². The number of rotatable bonds is 6. The van der Waals surface area contributed by atoms with Gasteiger partial charge in [0.15, 0.2) is 0 Å². The summed E-state index contributed by atoms with van der Waals surface area (Å²) in [6, 6.07) is 10.6. The molecule has 2 heterocycles. The molecule has 2 fully saturated rings. The molecule has 3 rings (SSSR count). The molecule has 2 saturated heterocycles. The molecule has 1 aromatic carbocycles. The average Bonchev–Trinajstić information content (AvgIpc) is 3.06. The van der Waals surface area contributed by atoms with E-state index in [4.69, 9.17) is 4.74 Å². The van der Waals surface area contributed by atoms with E-state index in [9.17, 15) is 9.59 Å². The zero-order valence-electron chi connectivity index (χ0n) is 14.8. The molecule has 1 aromatic rings. The molecule has 2 aliphatic rings. The molecule has 136 valence electrons. The number of hydrogen-bond donors (Lipinski definition) is 1. The van der Waals surface area contributed by atoms with Crippen LogP contribution in [-0.4, -0.2) is 67.0 Å². The quantitative estimate of drug-likeness (QED) is 0.831. The lowest BCUT2D eigenvalue weighted by atomic mass is 10.0. The molecule has 0 radical (unpaired) electrons. The zero-order chi connectivity index (χ0) is 17.6. The number of ether oxygens (including phenoxy) is 1. The lowest BCUT2D eigenvalue weighted by Gasteiger charge is -2.28. The van der Waals surface area contributed by atoms with E-state index in [2.05, 4.69) is 41.4 Å². The molecular formula is C19H27N3O3. The molecule has 1 N–H and O–H groups in total. The predicted molar refractivity (Wildman–Crippen MR) is 94.8 cm³/mol. The Morgan fingerprint density at radius 2 is 2.12 bits per heavy atom. The third-order valence-corrected chi connectivity index (χ3v) is 5.07. The van der Waals surface area contributed by atoms with E-state index in [1.54, 1.807) is 4.90 Å². The summed E-state index contributed by atoms with van der Waals surface area (Å²) in [7, 11) is 0. The van der Waals surface area contributed by atoms with Gasteiger partial charge in [-0.25, -0.2) is 0 Å². The van der Waals surface area contributed by atoms with Crippen molar-refractivity contribution in [1.29, 1.82) is 0 Å². The molecular weight excluding hydrogens is 318 g/mol. The number of amides is 2. The number of likely N-dealkylation sites (tertiary alicyclic amines) is 1. The molecule has 2 amide bonds. The first kappa shape index (κ1) is 17.9. The summed E-state index contributed by atoms with van der Waals surface area (Å²) in [6.45, 7) is 6.29. The van der Waals surface area contributed by atoms with Gasteiger partial charge in [0.2, 0.25) is 11.8 Å². The molecule has 0 unspecified atom stereocenters. The lowest BCUT2D eigenvalue weighted by molar-refractivity contribution is -0.146. The molecule has 2 aliphatic heterocycles. The fraction of sp³-hybridized carbons (Fsp3) is 0.579. The van der Waals surface area contributed by atoms with Crippen molar-refractivity contribution in [3.8, 4) is 0 Å². The SMILES string of the molecule is C[C@H](NC(=O)CN1CCOCC1=O)[C@H]1CCN(Cc2ccccc2)C1. The van der Waals surface area contributed by atoms with Gasteiger partial charge in [-0.3, -0.25) is 14.5 Å². The normalized spacial score (nSPS) is 22.8. The number of nitrogens with one attached hydrogen (secondary N) is 1. The maximum atomic E-state index is 12.2. The molecule has 25 heavy (non-hydrogen) atoms. The molecule has 2 atom stereocenters. The van der Waals surface area contributed by atoms with Crippen LogP contribution in [0.25, 0.3) is 0 Å². The molecule has 6 heteroatoms. The summed E-state index contributed by atoms with van der Waals surface area (Å²) in [4.78, 5) is 27.9. The second-order valence-electron chi connectivity index (χ2n) is 6.99. The van der Waals surface area contributed by atoms with Crippen molar-refractivity contribution in [3.05, 3.63) is 35.9 Å². The van der Waals surface area contributed by atoms with Crippen molar-refractivity contribution in [2.24, 2.45) is 5.92 Å². The van der Waals surface area contributed by atoms with E-state index < -0.39 is 0 Å². The van der Waals surface area contributed by atoms with Gasteiger partial charge in [-0.2, -0.15) is 0 Å². The fourth-order valence-electron chi connectivity index (χ4n) is 3.56. The van der Waals surface area contributed by atoms with E-state index >= 15 is 0 Å². The van der Waals surface area contributed by atoms with Crippen LogP contribution in [0.3, 0.4) is 0 Å². The van der Waals surface area contributed by atoms with Gasteiger partial charge in [-0.1, -0.05) is 30.3 Å². The first-order chi connectivity index (χ1) is 12.1. The highest BCUT2D eigenvalue weighted by Crippen LogP contribution is 2.21. The van der Waals surface area contributed by atoms with Crippen molar-refractivity contribution in [3.63, 3.8) is 0 Å². The van der Waals surface area contributed by atoms with E-state index in [1.165, 1.54) is 5.56 Å². The molecule has 0 saturated carbocycles. The Morgan fingerprint density at radius 3 is 2.88 bits per heavy atom. The largest absolute Gasteiger partial charge is 0.370 e. The summed E-state index contributed by atoms with van der Waals surface area (Å²) in [5, 5.41) is 3.07. The fourth-order valence-corrected chi connectivity index (χ4v) is 3.56. The van der Waals surface area contributed by atoms with Gasteiger partial charge in [0, 0.05) is 25.7 Å². The second kappa shape index (κ2) is 8.45. The minimum atomic E-state index is -0.107. The maximum absolute atomic E-state index is 12.2. The van der Waals surface area contributed by atoms with Crippen LogP contribution in [0.5, 0.6) is 0 Å². The van der Waals surface area contributed by atoms with Crippen LogP contribution in [0.4, 0.5) is 0 Å². The first-order valence-corrected chi connectivity index (χ1v) is 9.03. The van der Waals surface area contributed by atoms with Gasteiger partial charge in [0.1, 0.15) is 6.61 Å². The summed E-state index contributed by atoms with van der Waals surface area (Å²) in [5.41, 5.74) is 1.32. The van der Waals surface area contributed by atoms with Crippen LogP contribution in [0.1, 0.15) is 18.9 Å². The third kappa shape index (κ3) is 5.03. The minimum absolute atomic E-state index is 0.0794. The highest BCUT2D eigenvalue weighted by atomic mass is 16.5. The highest BCUT2D eigenvalue weighted by molar-refractivity contribution is 5.85. The van der Waals surface area contributed by atoms with Crippen molar-refractivity contribution in [2.75, 3.05) is 39.4 Å². The van der Waals surface area contributed by atoms with E-state index in [1.807, 2.05) is 6.07 Å². The zero-order valence-corrected chi connectivity index (χ0v) is 14.8. The number of morpholine rings is 1. The van der Waals surface area contributed by atoms with Crippen LogP contribution in [-0.2, 0) is 20.9 Å². The van der Waals surface area contributed by atoms with Crippen LogP contribution >= 0.6 is 0 Å². The highest BCUT2D eigenvalue weighted by Gasteiger charge is 2.29. The maximum Gasteiger partial charge on any atom is 0.249 e. The minimum Gasteiger partial charge on any atom is -0.370 e. The van der Waals surface area contributed by atoms with E-state index in [0.29, 0.717) is 19.1 Å². The van der Waals surface area contributed by atoms with Gasteiger partial charge in [-0.05, 0) is 31.4 Å². The van der Waals surface area contributed by atoms with Crippen LogP contribution in [0.15, 0.2) is 30.3 Å². The Labute approximate surface area is 149 Å². The van der Waals surface area contributed by atoms with Crippen molar-refractivity contribution >= 4 is 11.8 Å². The number of hydrogen-bond acceptors (Lipinski definition) is 4. The third-order valence-electron chi connectivity index (χ3n) is 5.07. The second-order valence-corrected chi connectivity index (χ2v) is 6.99. The number of nitrogens with zero attached hydrogens (tertiary/aromatic N) is 2. The lowest BCUT2D eigenvalue weighted by Crippen LogP contribution is -2.49. The standard InChI is InChI=1S/C19H27N3O3/c1-15(20-18(23)13-22-9-10-25-14-19(22)24)17-7-8-21(12-17)11-16-5-3-2-4-6-16/h2-6,15,17H,7-14H2,1H3,(H,20,23)/t15-,17-/m0/s1. The molecule has 0 bridgehead atoms. The smallest absolute Gasteiger partial charge is 0.249 e. The van der Waals surface area contributed by atoms with Crippen LogP contribution in [0, 0.1) is 5.92 Å². The van der Waals surface area contributed by atoms with Gasteiger partial charge in [0.25, 0.3) is 0 Å². The van der Waals surface area contributed by atoms with Gasteiger partial charge in [0.05, 0.1) is 13.2 Å². The van der Waals surface area contributed by atoms with Crippen LogP contribution < -0.4 is 5.32 Å². The Balaban J connectivity index is 1.43. The molecule has 0 spiro atoms. The summed E-state index contributed by atoms with van der Waals surface area (Å²) in [6.07, 6.45) is 1.09. The number of carbonyl (C=O) groups is 2. The van der Waals surface area contributed by atoms with Crippen molar-refractivity contribution < 1.29 is 14.3 Å². The van der Waals surface area contributed by atoms with Crippen molar-refractivity contribution in [2.45, 2.75) is 25.9 Å². The topological polar surface area (TPSA) is 61.9 Å². The molecule has 0 aromatic heterocycles. The summed E-state index contributed by atoms with van der Waals surface area (Å²) >= 11 is 0. The Morgan fingerprint density at radius 1 is 1.32 bits per heavy atom. The monoisotopic (exact) mass is 345 g/mol. The summed E-state index contributed by atoms with van der Waals surface area (Å²) < 4.78 is 5.09. The predicted octanol–water partition coefficient (Wildman–Crippen LogP) is 0.872. The van der Waals surface area contributed by atoms with Gasteiger partial charge >= 0.3 is 0 Å². The Bertz CT molecular complexity index is 593. The molecule has 6 nitrogen and oxygen atoms in total. The first-order valence-electron chi connectivity index (χ1n) is 9.03. The van der Waals surface area contributed by atoms with Crippen molar-refractivity contribution in [1.82, 2.24) is 15.1 Å². The Kier molecular flexibility index (Phi) is 6.04. The van der Waals surface area contributed by atoms with E-state index in [-0.39, 0.29) is 31.0 Å². The van der Waals surface area contributed by atoms with Gasteiger partial charge in [-0.15, -0.1) is 0 Å². The molecule has 0 aliphatic carbocycles. The summed E-state index contributed by atoms with van der Waals surface area (Å²) in [5.74, 6) is 0.265. The van der Waals surface area contributed by atoms with Crippen LogP contribution in [0.2, 0.25) is 0 Å². The average molecular weight is 345 g/mol.